The maximum atomic E-state index is 5.47. The molecule has 1 aromatic carbocycles. The Morgan fingerprint density at radius 3 is 3.00 bits per heavy atom. The minimum Gasteiger partial charge on any atom is -0.454 e. The summed E-state index contributed by atoms with van der Waals surface area (Å²) in [4.78, 5) is 6.53. The van der Waals surface area contributed by atoms with Crippen LogP contribution < -0.4 is 19.7 Å². The third-order valence-electron chi connectivity index (χ3n) is 4.58. The van der Waals surface area contributed by atoms with Gasteiger partial charge in [-0.05, 0) is 43.3 Å². The standard InChI is InChI=1S/C20H23N5O2/c1-25(19-5-2-3-9-22-19)10-4-8-21-12-16-13-23-24-20(16)15-6-7-17-18(11-15)27-14-26-17/h2-3,5-7,9,11,13,21H,4,8,10,12,14H2,1H3,(H,23,24). The molecule has 0 radical (unpaired) electrons. The van der Waals surface area contributed by atoms with Gasteiger partial charge in [0.1, 0.15) is 5.82 Å². The van der Waals surface area contributed by atoms with E-state index in [-0.39, 0.29) is 6.79 Å². The summed E-state index contributed by atoms with van der Waals surface area (Å²) < 4.78 is 10.8. The van der Waals surface area contributed by atoms with Crippen molar-refractivity contribution in [1.29, 1.82) is 0 Å². The highest BCUT2D eigenvalue weighted by molar-refractivity contribution is 5.66. The Hall–Kier alpha value is -3.06. The van der Waals surface area contributed by atoms with Gasteiger partial charge in [0.15, 0.2) is 11.5 Å². The average molecular weight is 365 g/mol. The van der Waals surface area contributed by atoms with Gasteiger partial charge in [-0.15, -0.1) is 0 Å². The molecule has 140 valence electrons. The largest absolute Gasteiger partial charge is 0.454 e. The molecule has 7 heteroatoms. The van der Waals surface area contributed by atoms with Crippen LogP contribution in [0.15, 0.2) is 48.8 Å². The van der Waals surface area contributed by atoms with Gasteiger partial charge in [0.2, 0.25) is 6.79 Å². The van der Waals surface area contributed by atoms with E-state index in [4.69, 9.17) is 9.47 Å². The topological polar surface area (TPSA) is 75.3 Å². The van der Waals surface area contributed by atoms with Gasteiger partial charge in [0.05, 0.1) is 11.9 Å². The predicted octanol–water partition coefficient (Wildman–Crippen LogP) is 2.82. The number of ether oxygens (including phenoxy) is 2. The number of fused-ring (bicyclic) bond motifs is 1. The first kappa shape index (κ1) is 17.4. The summed E-state index contributed by atoms with van der Waals surface area (Å²) >= 11 is 0. The van der Waals surface area contributed by atoms with Crippen molar-refractivity contribution in [1.82, 2.24) is 20.5 Å². The van der Waals surface area contributed by atoms with Crippen LogP contribution in [0.2, 0.25) is 0 Å². The lowest BCUT2D eigenvalue weighted by atomic mass is 10.1. The van der Waals surface area contributed by atoms with Crippen molar-refractivity contribution in [2.24, 2.45) is 0 Å². The molecule has 0 atom stereocenters. The molecule has 0 aliphatic carbocycles. The first-order chi connectivity index (χ1) is 13.3. The van der Waals surface area contributed by atoms with E-state index >= 15 is 0 Å². The zero-order valence-corrected chi connectivity index (χ0v) is 15.3. The van der Waals surface area contributed by atoms with Crippen LogP contribution in [0.25, 0.3) is 11.3 Å². The van der Waals surface area contributed by atoms with Crippen LogP contribution in [-0.4, -0.2) is 42.1 Å². The number of hydrogen-bond acceptors (Lipinski definition) is 6. The van der Waals surface area contributed by atoms with Gasteiger partial charge in [-0.25, -0.2) is 4.98 Å². The molecule has 0 saturated carbocycles. The zero-order chi connectivity index (χ0) is 18.5. The maximum absolute atomic E-state index is 5.47. The third-order valence-corrected chi connectivity index (χ3v) is 4.58. The van der Waals surface area contributed by atoms with Crippen molar-refractivity contribution in [2.45, 2.75) is 13.0 Å². The van der Waals surface area contributed by atoms with E-state index in [9.17, 15) is 0 Å². The van der Waals surface area contributed by atoms with Gasteiger partial charge in [0.25, 0.3) is 0 Å². The molecule has 7 nitrogen and oxygen atoms in total. The molecular weight excluding hydrogens is 342 g/mol. The van der Waals surface area contributed by atoms with E-state index < -0.39 is 0 Å². The molecule has 3 heterocycles. The smallest absolute Gasteiger partial charge is 0.231 e. The predicted molar refractivity (Wildman–Crippen MR) is 104 cm³/mol. The third kappa shape index (κ3) is 4.03. The molecule has 1 aliphatic rings. The van der Waals surface area contributed by atoms with Crippen LogP contribution in [0, 0.1) is 0 Å². The lowest BCUT2D eigenvalue weighted by molar-refractivity contribution is 0.174. The highest BCUT2D eigenvalue weighted by Crippen LogP contribution is 2.36. The number of benzene rings is 1. The Bertz CT molecular complexity index is 881. The van der Waals surface area contributed by atoms with Crippen molar-refractivity contribution >= 4 is 5.82 Å². The van der Waals surface area contributed by atoms with Crippen molar-refractivity contribution in [3.8, 4) is 22.8 Å². The molecule has 1 aliphatic heterocycles. The van der Waals surface area contributed by atoms with Crippen LogP contribution in [0.4, 0.5) is 5.82 Å². The molecule has 2 N–H and O–H groups in total. The van der Waals surface area contributed by atoms with E-state index in [1.165, 1.54) is 0 Å². The Morgan fingerprint density at radius 1 is 1.19 bits per heavy atom. The van der Waals surface area contributed by atoms with E-state index in [2.05, 4.69) is 32.4 Å². The monoisotopic (exact) mass is 365 g/mol. The van der Waals surface area contributed by atoms with Crippen molar-refractivity contribution in [3.05, 3.63) is 54.4 Å². The average Bonchev–Trinajstić information content (AvgIpc) is 3.36. The summed E-state index contributed by atoms with van der Waals surface area (Å²) in [5.41, 5.74) is 3.18. The fourth-order valence-electron chi connectivity index (χ4n) is 3.11. The number of nitrogens with one attached hydrogen (secondary N) is 2. The van der Waals surface area contributed by atoms with Gasteiger partial charge in [-0.3, -0.25) is 5.10 Å². The number of H-pyrrole nitrogens is 1. The maximum Gasteiger partial charge on any atom is 0.231 e. The molecular formula is C20H23N5O2. The lowest BCUT2D eigenvalue weighted by Gasteiger charge is -2.17. The number of pyridine rings is 1. The van der Waals surface area contributed by atoms with Crippen LogP contribution in [0.1, 0.15) is 12.0 Å². The number of anilines is 1. The van der Waals surface area contributed by atoms with Gasteiger partial charge in [-0.2, -0.15) is 5.10 Å². The Balaban J connectivity index is 1.28. The van der Waals surface area contributed by atoms with Gasteiger partial charge < -0.3 is 19.7 Å². The fourth-order valence-corrected chi connectivity index (χ4v) is 3.11. The quantitative estimate of drug-likeness (QED) is 0.598. The number of rotatable bonds is 8. The minimum absolute atomic E-state index is 0.281. The zero-order valence-electron chi connectivity index (χ0n) is 15.3. The lowest BCUT2D eigenvalue weighted by Crippen LogP contribution is -2.24. The minimum atomic E-state index is 0.281. The molecule has 3 aromatic rings. The molecule has 0 amide bonds. The molecule has 27 heavy (non-hydrogen) atoms. The van der Waals surface area contributed by atoms with Crippen LogP contribution in [-0.2, 0) is 6.54 Å². The summed E-state index contributed by atoms with van der Waals surface area (Å²) in [5, 5.41) is 10.8. The van der Waals surface area contributed by atoms with Crippen LogP contribution in [0.5, 0.6) is 11.5 Å². The van der Waals surface area contributed by atoms with Gasteiger partial charge in [0, 0.05) is 37.5 Å². The van der Waals surface area contributed by atoms with Crippen molar-refractivity contribution < 1.29 is 9.47 Å². The second kappa shape index (κ2) is 8.09. The molecule has 0 saturated heterocycles. The first-order valence-corrected chi connectivity index (χ1v) is 9.06. The molecule has 0 spiro atoms. The Morgan fingerprint density at radius 2 is 2.11 bits per heavy atom. The Kier molecular flexibility index (Phi) is 5.20. The number of aromatic nitrogens is 3. The van der Waals surface area contributed by atoms with E-state index in [0.717, 1.165) is 60.2 Å². The van der Waals surface area contributed by atoms with Gasteiger partial charge in [-0.1, -0.05) is 6.07 Å². The van der Waals surface area contributed by atoms with Crippen LogP contribution >= 0.6 is 0 Å². The summed E-state index contributed by atoms with van der Waals surface area (Å²) in [6.07, 6.45) is 4.72. The summed E-state index contributed by atoms with van der Waals surface area (Å²) in [6, 6.07) is 11.9. The van der Waals surface area contributed by atoms with Crippen molar-refractivity contribution in [3.63, 3.8) is 0 Å². The molecule has 0 fully saturated rings. The highest BCUT2D eigenvalue weighted by Gasteiger charge is 2.16. The summed E-state index contributed by atoms with van der Waals surface area (Å²) in [6.45, 7) is 2.91. The van der Waals surface area contributed by atoms with Gasteiger partial charge >= 0.3 is 0 Å². The number of hydrogen-bond donors (Lipinski definition) is 2. The van der Waals surface area contributed by atoms with E-state index in [1.807, 2.05) is 48.8 Å². The first-order valence-electron chi connectivity index (χ1n) is 9.06. The normalized spacial score (nSPS) is 12.3. The summed E-state index contributed by atoms with van der Waals surface area (Å²) in [7, 11) is 2.07. The fraction of sp³-hybridized carbons (Fsp3) is 0.300. The number of aromatic amines is 1. The highest BCUT2D eigenvalue weighted by atomic mass is 16.7. The summed E-state index contributed by atoms with van der Waals surface area (Å²) in [5.74, 6) is 2.56. The molecule has 0 bridgehead atoms. The van der Waals surface area contributed by atoms with E-state index in [1.54, 1.807) is 0 Å². The molecule has 4 rings (SSSR count). The Labute approximate surface area is 158 Å². The molecule has 2 aromatic heterocycles. The van der Waals surface area contributed by atoms with E-state index in [0.29, 0.717) is 0 Å². The van der Waals surface area contributed by atoms with Crippen LogP contribution in [0.3, 0.4) is 0 Å². The second-order valence-electron chi connectivity index (χ2n) is 6.48. The SMILES string of the molecule is CN(CCCNCc1cn[nH]c1-c1ccc2c(c1)OCO2)c1ccccn1. The molecule has 0 unspecified atom stereocenters. The number of nitrogens with zero attached hydrogens (tertiary/aromatic N) is 3. The second-order valence-corrected chi connectivity index (χ2v) is 6.48. The van der Waals surface area contributed by atoms with Crippen molar-refractivity contribution in [2.75, 3.05) is 31.8 Å².